The van der Waals surface area contributed by atoms with Crippen LogP contribution in [0.5, 0.6) is 0 Å². The van der Waals surface area contributed by atoms with Crippen LogP contribution in [0.15, 0.2) is 26.7 Å². The standard InChI is InChI=1S/C16H23N5O4S/c1-21-14-12(15(22)19-16(21)23)7-11(9-18-14)26(24,25)20-13(8-17)10-5-3-2-4-6-10/h7,9-10,13,20H,2-6,8,17H2,1H3,(H,19,22,23). The van der Waals surface area contributed by atoms with Gasteiger partial charge in [-0.3, -0.25) is 14.3 Å². The first-order chi connectivity index (χ1) is 12.3. The van der Waals surface area contributed by atoms with Crippen LogP contribution >= 0.6 is 0 Å². The van der Waals surface area contributed by atoms with Gasteiger partial charge in [0.25, 0.3) is 5.56 Å². The van der Waals surface area contributed by atoms with E-state index in [-0.39, 0.29) is 34.4 Å². The van der Waals surface area contributed by atoms with E-state index in [1.165, 1.54) is 13.1 Å². The quantitative estimate of drug-likeness (QED) is 0.656. The van der Waals surface area contributed by atoms with E-state index in [1.807, 2.05) is 0 Å². The normalized spacial score (nSPS) is 17.5. The van der Waals surface area contributed by atoms with Gasteiger partial charge in [0.05, 0.1) is 5.39 Å². The minimum Gasteiger partial charge on any atom is -0.329 e. The number of hydrogen-bond donors (Lipinski definition) is 3. The van der Waals surface area contributed by atoms with Gasteiger partial charge in [0.1, 0.15) is 10.5 Å². The van der Waals surface area contributed by atoms with Gasteiger partial charge < -0.3 is 5.73 Å². The van der Waals surface area contributed by atoms with E-state index in [0.29, 0.717) is 0 Å². The van der Waals surface area contributed by atoms with Crippen LogP contribution in [0, 0.1) is 5.92 Å². The molecule has 9 nitrogen and oxygen atoms in total. The summed E-state index contributed by atoms with van der Waals surface area (Å²) in [6.07, 6.45) is 6.35. The Morgan fingerprint density at radius 1 is 1.35 bits per heavy atom. The van der Waals surface area contributed by atoms with Gasteiger partial charge in [-0.05, 0) is 24.8 Å². The van der Waals surface area contributed by atoms with Crippen molar-refractivity contribution in [3.63, 3.8) is 0 Å². The summed E-state index contributed by atoms with van der Waals surface area (Å²) in [5, 5.41) is 0.0388. The molecule has 0 aromatic carbocycles. The molecule has 2 aromatic heterocycles. The number of pyridine rings is 1. The van der Waals surface area contributed by atoms with E-state index in [1.54, 1.807) is 0 Å². The van der Waals surface area contributed by atoms with Crippen molar-refractivity contribution in [2.45, 2.75) is 43.0 Å². The lowest BCUT2D eigenvalue weighted by atomic mass is 9.84. The van der Waals surface area contributed by atoms with Crippen LogP contribution in [0.1, 0.15) is 32.1 Å². The highest BCUT2D eigenvalue weighted by Crippen LogP contribution is 2.27. The number of hydrogen-bond acceptors (Lipinski definition) is 6. The van der Waals surface area contributed by atoms with Crippen LogP contribution in [-0.4, -0.2) is 35.5 Å². The first-order valence-electron chi connectivity index (χ1n) is 8.65. The zero-order valence-electron chi connectivity index (χ0n) is 14.6. The molecule has 1 aliphatic carbocycles. The van der Waals surface area contributed by atoms with Crippen molar-refractivity contribution < 1.29 is 8.42 Å². The Kier molecular flexibility index (Phi) is 5.26. The van der Waals surface area contributed by atoms with Crippen molar-refractivity contribution in [2.24, 2.45) is 18.7 Å². The predicted molar refractivity (Wildman–Crippen MR) is 97.3 cm³/mol. The summed E-state index contributed by atoms with van der Waals surface area (Å²) in [4.78, 5) is 29.7. The minimum atomic E-state index is -3.88. The number of aromatic nitrogens is 3. The van der Waals surface area contributed by atoms with Gasteiger partial charge in [0.15, 0.2) is 0 Å². The number of nitrogens with one attached hydrogen (secondary N) is 2. The van der Waals surface area contributed by atoms with Crippen molar-refractivity contribution in [1.82, 2.24) is 19.3 Å². The summed E-state index contributed by atoms with van der Waals surface area (Å²) >= 11 is 0. The summed E-state index contributed by atoms with van der Waals surface area (Å²) in [6, 6.07) is 0.881. The molecule has 1 fully saturated rings. The minimum absolute atomic E-state index is 0.0388. The Bertz CT molecular complexity index is 1020. The number of H-pyrrole nitrogens is 1. The highest BCUT2D eigenvalue weighted by molar-refractivity contribution is 7.89. The predicted octanol–water partition coefficient (Wildman–Crippen LogP) is -0.192. The third kappa shape index (κ3) is 3.57. The van der Waals surface area contributed by atoms with E-state index in [9.17, 15) is 18.0 Å². The van der Waals surface area contributed by atoms with E-state index in [4.69, 9.17) is 5.73 Å². The molecule has 2 heterocycles. The lowest BCUT2D eigenvalue weighted by Crippen LogP contribution is -2.45. The molecule has 2 aromatic rings. The summed E-state index contributed by atoms with van der Waals surface area (Å²) < 4.78 is 29.4. The van der Waals surface area contributed by atoms with Crippen LogP contribution in [0.3, 0.4) is 0 Å². The number of rotatable bonds is 5. The average molecular weight is 381 g/mol. The summed E-state index contributed by atoms with van der Waals surface area (Å²) in [5.41, 5.74) is 4.65. The monoisotopic (exact) mass is 381 g/mol. The molecule has 0 bridgehead atoms. The molecule has 4 N–H and O–H groups in total. The summed E-state index contributed by atoms with van der Waals surface area (Å²) in [6.45, 7) is 0.208. The Hall–Kier alpha value is -2.04. The maximum atomic E-state index is 12.8. The number of nitrogens with two attached hydrogens (primary N) is 1. The second-order valence-electron chi connectivity index (χ2n) is 6.72. The molecule has 0 radical (unpaired) electrons. The van der Waals surface area contributed by atoms with Gasteiger partial charge in [0, 0.05) is 25.8 Å². The SMILES string of the molecule is Cn1c(=O)[nH]c(=O)c2cc(S(=O)(=O)NC(CN)C3CCCCC3)cnc21. The third-order valence-corrected chi connectivity index (χ3v) is 6.48. The zero-order chi connectivity index (χ0) is 18.9. The zero-order valence-corrected chi connectivity index (χ0v) is 15.4. The Morgan fingerprint density at radius 3 is 2.69 bits per heavy atom. The van der Waals surface area contributed by atoms with E-state index in [2.05, 4.69) is 14.7 Å². The van der Waals surface area contributed by atoms with Crippen molar-refractivity contribution >= 4 is 21.1 Å². The Balaban J connectivity index is 1.96. The van der Waals surface area contributed by atoms with E-state index in [0.717, 1.165) is 42.9 Å². The molecule has 1 saturated carbocycles. The van der Waals surface area contributed by atoms with Crippen LogP contribution in [-0.2, 0) is 17.1 Å². The molecule has 142 valence electrons. The van der Waals surface area contributed by atoms with Crippen LogP contribution in [0.4, 0.5) is 0 Å². The van der Waals surface area contributed by atoms with Gasteiger partial charge in [0.2, 0.25) is 10.0 Å². The van der Waals surface area contributed by atoms with Crippen molar-refractivity contribution in [2.75, 3.05) is 6.54 Å². The molecular weight excluding hydrogens is 358 g/mol. The largest absolute Gasteiger partial charge is 0.329 e. The number of fused-ring (bicyclic) bond motifs is 1. The van der Waals surface area contributed by atoms with Crippen LogP contribution in [0.2, 0.25) is 0 Å². The second kappa shape index (κ2) is 7.29. The third-order valence-electron chi connectivity index (χ3n) is 5.02. The molecule has 10 heteroatoms. The second-order valence-corrected chi connectivity index (χ2v) is 8.44. The molecule has 1 atom stereocenters. The number of aryl methyl sites for hydroxylation is 1. The first-order valence-corrected chi connectivity index (χ1v) is 10.1. The smallest absolute Gasteiger partial charge is 0.329 e. The molecule has 0 spiro atoms. The fraction of sp³-hybridized carbons (Fsp3) is 0.562. The fourth-order valence-electron chi connectivity index (χ4n) is 3.50. The molecule has 1 aliphatic rings. The molecule has 0 saturated heterocycles. The highest BCUT2D eigenvalue weighted by Gasteiger charge is 2.28. The number of nitrogens with zero attached hydrogens (tertiary/aromatic N) is 2. The van der Waals surface area contributed by atoms with Crippen molar-refractivity contribution in [3.05, 3.63) is 33.1 Å². The van der Waals surface area contributed by atoms with Gasteiger partial charge in [-0.15, -0.1) is 0 Å². The molecule has 3 rings (SSSR count). The number of aromatic amines is 1. The topological polar surface area (TPSA) is 140 Å². The van der Waals surface area contributed by atoms with Crippen LogP contribution < -0.4 is 21.7 Å². The summed E-state index contributed by atoms with van der Waals surface area (Å²) in [7, 11) is -2.43. The van der Waals surface area contributed by atoms with E-state index < -0.39 is 21.3 Å². The van der Waals surface area contributed by atoms with Crippen molar-refractivity contribution in [3.8, 4) is 0 Å². The van der Waals surface area contributed by atoms with Gasteiger partial charge >= 0.3 is 5.69 Å². The maximum absolute atomic E-state index is 12.8. The van der Waals surface area contributed by atoms with Crippen LogP contribution in [0.25, 0.3) is 11.0 Å². The lowest BCUT2D eigenvalue weighted by Gasteiger charge is -2.29. The van der Waals surface area contributed by atoms with Gasteiger partial charge in [-0.25, -0.2) is 22.9 Å². The van der Waals surface area contributed by atoms with Gasteiger partial charge in [-0.1, -0.05) is 19.3 Å². The van der Waals surface area contributed by atoms with Crippen molar-refractivity contribution in [1.29, 1.82) is 0 Å². The molecule has 0 amide bonds. The average Bonchev–Trinajstić information content (AvgIpc) is 2.64. The maximum Gasteiger partial charge on any atom is 0.329 e. The highest BCUT2D eigenvalue weighted by atomic mass is 32.2. The molecular formula is C16H23N5O4S. The molecule has 0 aliphatic heterocycles. The summed E-state index contributed by atoms with van der Waals surface area (Å²) in [5.74, 6) is 0.209. The lowest BCUT2D eigenvalue weighted by molar-refractivity contribution is 0.294. The molecule has 26 heavy (non-hydrogen) atoms. The first kappa shape index (κ1) is 18.7. The fourth-order valence-corrected chi connectivity index (χ4v) is 4.79. The van der Waals surface area contributed by atoms with Gasteiger partial charge in [-0.2, -0.15) is 0 Å². The van der Waals surface area contributed by atoms with E-state index >= 15 is 0 Å². The Labute approximate surface area is 150 Å². The Morgan fingerprint density at radius 2 is 2.04 bits per heavy atom. The molecule has 1 unspecified atom stereocenters. The number of sulfonamides is 1.